The predicted molar refractivity (Wildman–Crippen MR) is 56.2 cm³/mol. The number of nitrogens with one attached hydrogen (secondary N) is 2. The van der Waals surface area contributed by atoms with Crippen molar-refractivity contribution in [1.29, 1.82) is 0 Å². The molecule has 0 aromatic carbocycles. The molecular weight excluding hydrogens is 234 g/mol. The summed E-state index contributed by atoms with van der Waals surface area (Å²) in [6.45, 7) is -0.754. The number of H-pyrrole nitrogens is 1. The third-order valence-corrected chi connectivity index (χ3v) is 2.04. The highest BCUT2D eigenvalue weighted by Gasteiger charge is 2.28. The van der Waals surface area contributed by atoms with E-state index in [1.165, 1.54) is 6.07 Å². The lowest BCUT2D eigenvalue weighted by Crippen LogP contribution is -2.40. The van der Waals surface area contributed by atoms with Gasteiger partial charge in [-0.1, -0.05) is 0 Å². The maximum absolute atomic E-state index is 12.6. The molecule has 7 heteroatoms. The lowest BCUT2D eigenvalue weighted by atomic mass is 10.2. The van der Waals surface area contributed by atoms with Gasteiger partial charge in [-0.05, 0) is 6.92 Å². The molecule has 0 unspecified atom stereocenters. The first-order valence-electron chi connectivity index (χ1n) is 4.82. The molecule has 0 spiro atoms. The molecule has 94 valence electrons. The lowest BCUT2D eigenvalue weighted by molar-refractivity contribution is -0.0462. The van der Waals surface area contributed by atoms with Crippen molar-refractivity contribution in [3.05, 3.63) is 33.7 Å². The molecule has 1 aromatic rings. The largest absolute Gasteiger partial charge is 0.390 e. The molecule has 0 bridgehead atoms. The second-order valence-electron chi connectivity index (χ2n) is 3.59. The monoisotopic (exact) mass is 246 g/mol. The summed E-state index contributed by atoms with van der Waals surface area (Å²) in [5.41, 5.74) is -0.234. The van der Waals surface area contributed by atoms with E-state index in [1.807, 2.05) is 5.32 Å². The van der Waals surface area contributed by atoms with Gasteiger partial charge in [0.25, 0.3) is 11.8 Å². The second-order valence-corrected chi connectivity index (χ2v) is 3.59. The molecule has 0 saturated heterocycles. The van der Waals surface area contributed by atoms with Crippen molar-refractivity contribution in [1.82, 2.24) is 10.3 Å². The number of aliphatic hydroxyl groups is 1. The fraction of sp³-hybridized carbons (Fsp3) is 0.400. The van der Waals surface area contributed by atoms with Gasteiger partial charge < -0.3 is 15.4 Å². The molecule has 0 aliphatic heterocycles. The number of pyridine rings is 1. The van der Waals surface area contributed by atoms with Gasteiger partial charge in [0, 0.05) is 18.0 Å². The van der Waals surface area contributed by atoms with Crippen molar-refractivity contribution in [2.45, 2.75) is 12.8 Å². The Morgan fingerprint density at radius 3 is 2.76 bits per heavy atom. The quantitative estimate of drug-likeness (QED) is 0.701. The number of aromatic nitrogens is 1. The summed E-state index contributed by atoms with van der Waals surface area (Å²) < 4.78 is 25.3. The zero-order chi connectivity index (χ0) is 13.1. The van der Waals surface area contributed by atoms with Gasteiger partial charge in [-0.25, -0.2) is 8.78 Å². The molecule has 1 amide bonds. The van der Waals surface area contributed by atoms with Crippen molar-refractivity contribution in [3.63, 3.8) is 0 Å². The van der Waals surface area contributed by atoms with Gasteiger partial charge in [0.1, 0.15) is 12.2 Å². The number of halogens is 2. The van der Waals surface area contributed by atoms with Crippen LogP contribution in [0.5, 0.6) is 0 Å². The summed E-state index contributed by atoms with van der Waals surface area (Å²) in [5.74, 6) is -4.30. The maximum Gasteiger partial charge on any atom is 0.287 e. The van der Waals surface area contributed by atoms with Crippen LogP contribution < -0.4 is 10.7 Å². The highest BCUT2D eigenvalue weighted by molar-refractivity contribution is 5.93. The minimum absolute atomic E-state index is 0.246. The Morgan fingerprint density at radius 1 is 1.59 bits per heavy atom. The maximum atomic E-state index is 12.6. The fourth-order valence-corrected chi connectivity index (χ4v) is 1.11. The Bertz CT molecular complexity index is 471. The van der Waals surface area contributed by atoms with Gasteiger partial charge in [-0.3, -0.25) is 9.59 Å². The van der Waals surface area contributed by atoms with Crippen LogP contribution in [0.4, 0.5) is 8.78 Å². The minimum Gasteiger partial charge on any atom is -0.390 e. The number of aryl methyl sites for hydroxylation is 1. The van der Waals surface area contributed by atoms with Crippen LogP contribution in [0.1, 0.15) is 16.1 Å². The average Bonchev–Trinajstić information content (AvgIpc) is 2.26. The van der Waals surface area contributed by atoms with Crippen molar-refractivity contribution < 1.29 is 18.7 Å². The molecule has 0 aliphatic rings. The highest BCUT2D eigenvalue weighted by Crippen LogP contribution is 2.09. The number of hydrogen-bond acceptors (Lipinski definition) is 3. The third kappa shape index (κ3) is 3.63. The molecule has 1 rings (SSSR count). The number of hydrogen-bond donors (Lipinski definition) is 3. The number of carbonyl (C=O) groups is 1. The van der Waals surface area contributed by atoms with Crippen LogP contribution in [0.3, 0.4) is 0 Å². The number of aliphatic hydroxyl groups excluding tert-OH is 1. The Kier molecular flexibility index (Phi) is 3.95. The van der Waals surface area contributed by atoms with Gasteiger partial charge in [-0.15, -0.1) is 0 Å². The number of aromatic amines is 1. The lowest BCUT2D eigenvalue weighted by Gasteiger charge is -2.13. The topological polar surface area (TPSA) is 82.2 Å². The normalized spacial score (nSPS) is 11.3. The molecule has 0 radical (unpaired) electrons. The molecule has 0 aliphatic carbocycles. The zero-order valence-corrected chi connectivity index (χ0v) is 9.09. The standard InChI is InChI=1S/C10H12F2N2O3/c1-6-2-8(16)7(3-13-6)9(17)14-4-10(11,12)5-15/h2-3,15H,4-5H2,1H3,(H,13,16)(H,14,17). The predicted octanol–water partition coefficient (Wildman–Crippen LogP) is 0.0407. The van der Waals surface area contributed by atoms with E-state index >= 15 is 0 Å². The smallest absolute Gasteiger partial charge is 0.287 e. The van der Waals surface area contributed by atoms with Gasteiger partial charge in [0.15, 0.2) is 5.43 Å². The third-order valence-electron chi connectivity index (χ3n) is 2.04. The van der Waals surface area contributed by atoms with E-state index < -0.39 is 30.4 Å². The Morgan fingerprint density at radius 2 is 2.24 bits per heavy atom. The summed E-state index contributed by atoms with van der Waals surface area (Å²) in [4.78, 5) is 25.4. The minimum atomic E-state index is -3.40. The molecule has 1 aromatic heterocycles. The van der Waals surface area contributed by atoms with Gasteiger partial charge in [0.2, 0.25) is 0 Å². The highest BCUT2D eigenvalue weighted by atomic mass is 19.3. The summed E-state index contributed by atoms with van der Waals surface area (Å²) in [5, 5.41) is 10.2. The van der Waals surface area contributed by atoms with Gasteiger partial charge in [-0.2, -0.15) is 0 Å². The van der Waals surface area contributed by atoms with E-state index in [9.17, 15) is 18.4 Å². The Balaban J connectivity index is 2.74. The van der Waals surface area contributed by atoms with E-state index in [-0.39, 0.29) is 5.56 Å². The van der Waals surface area contributed by atoms with E-state index in [1.54, 1.807) is 6.92 Å². The molecule has 3 N–H and O–H groups in total. The van der Waals surface area contributed by atoms with E-state index in [0.29, 0.717) is 5.69 Å². The number of amides is 1. The molecule has 5 nitrogen and oxygen atoms in total. The molecule has 0 atom stereocenters. The van der Waals surface area contributed by atoms with Crippen molar-refractivity contribution in [2.24, 2.45) is 0 Å². The van der Waals surface area contributed by atoms with Crippen LogP contribution in [0, 0.1) is 6.92 Å². The van der Waals surface area contributed by atoms with Crippen molar-refractivity contribution in [2.75, 3.05) is 13.2 Å². The molecule has 1 heterocycles. The van der Waals surface area contributed by atoms with Gasteiger partial charge in [0.05, 0.1) is 6.54 Å². The van der Waals surface area contributed by atoms with Crippen LogP contribution in [0.2, 0.25) is 0 Å². The second kappa shape index (κ2) is 5.05. The first kappa shape index (κ1) is 13.3. The van der Waals surface area contributed by atoms with Crippen molar-refractivity contribution in [3.8, 4) is 0 Å². The summed E-state index contributed by atoms with van der Waals surface area (Å²) in [6, 6.07) is 1.19. The first-order valence-corrected chi connectivity index (χ1v) is 4.82. The summed E-state index contributed by atoms with van der Waals surface area (Å²) in [7, 11) is 0. The Labute approximate surface area is 95.5 Å². The van der Waals surface area contributed by atoms with Crippen LogP contribution in [-0.2, 0) is 0 Å². The first-order chi connectivity index (χ1) is 7.85. The van der Waals surface area contributed by atoms with Crippen LogP contribution in [0.15, 0.2) is 17.1 Å². The SMILES string of the molecule is Cc1cc(=O)c(C(=O)NCC(F)(F)CO)c[nH]1. The molecule has 0 fully saturated rings. The average molecular weight is 246 g/mol. The molecular formula is C10H12F2N2O3. The van der Waals surface area contributed by atoms with E-state index in [4.69, 9.17) is 5.11 Å². The molecule has 0 saturated carbocycles. The summed E-state index contributed by atoms with van der Waals surface area (Å²) in [6.07, 6.45) is 1.16. The fourth-order valence-electron chi connectivity index (χ4n) is 1.11. The number of rotatable bonds is 4. The Hall–Kier alpha value is -1.76. The van der Waals surface area contributed by atoms with Crippen LogP contribution in [0.25, 0.3) is 0 Å². The van der Waals surface area contributed by atoms with Crippen LogP contribution >= 0.6 is 0 Å². The van der Waals surface area contributed by atoms with Crippen LogP contribution in [-0.4, -0.2) is 35.1 Å². The van der Waals surface area contributed by atoms with Gasteiger partial charge >= 0.3 is 0 Å². The zero-order valence-electron chi connectivity index (χ0n) is 9.09. The number of carbonyl (C=O) groups excluding carboxylic acids is 1. The van der Waals surface area contributed by atoms with E-state index in [0.717, 1.165) is 6.20 Å². The summed E-state index contributed by atoms with van der Waals surface area (Å²) >= 11 is 0. The molecule has 17 heavy (non-hydrogen) atoms. The van der Waals surface area contributed by atoms with E-state index in [2.05, 4.69) is 4.98 Å². The van der Waals surface area contributed by atoms with Crippen molar-refractivity contribution >= 4 is 5.91 Å². The number of alkyl halides is 2.